The summed E-state index contributed by atoms with van der Waals surface area (Å²) in [4.78, 5) is 4.74. The fourth-order valence-corrected chi connectivity index (χ4v) is 2.30. The predicted octanol–water partition coefficient (Wildman–Crippen LogP) is 2.60. The molecule has 2 aromatic rings. The van der Waals surface area contributed by atoms with Crippen LogP contribution in [0, 0.1) is 0 Å². The average Bonchev–Trinajstić information content (AvgIpc) is 2.72. The highest BCUT2D eigenvalue weighted by Gasteiger charge is 2.12. The number of imidazole rings is 1. The summed E-state index contributed by atoms with van der Waals surface area (Å²) < 4.78 is 2.31. The SMILES string of the molecule is CCC(Cc1nc2ccccc2n1CC)NC. The molecule has 1 aromatic carbocycles. The number of rotatable bonds is 5. The third-order valence-electron chi connectivity index (χ3n) is 3.38. The second-order valence-electron chi connectivity index (χ2n) is 4.36. The fraction of sp³-hybridized carbons (Fsp3) is 0.500. The second kappa shape index (κ2) is 5.32. The van der Waals surface area contributed by atoms with Crippen LogP contribution < -0.4 is 5.32 Å². The van der Waals surface area contributed by atoms with Gasteiger partial charge in [0.25, 0.3) is 0 Å². The number of para-hydroxylation sites is 2. The molecule has 0 saturated carbocycles. The van der Waals surface area contributed by atoms with E-state index in [1.165, 1.54) is 11.3 Å². The van der Waals surface area contributed by atoms with Crippen molar-refractivity contribution in [2.75, 3.05) is 7.05 Å². The van der Waals surface area contributed by atoms with Gasteiger partial charge >= 0.3 is 0 Å². The predicted molar refractivity (Wildman–Crippen MR) is 72.2 cm³/mol. The Bertz CT molecular complexity index is 483. The molecule has 0 radical (unpaired) electrons. The number of likely N-dealkylation sites (N-methyl/N-ethyl adjacent to an activating group) is 1. The maximum atomic E-state index is 4.74. The molecule has 1 atom stereocenters. The number of aromatic nitrogens is 2. The highest BCUT2D eigenvalue weighted by atomic mass is 15.1. The van der Waals surface area contributed by atoms with Gasteiger partial charge in [0.15, 0.2) is 0 Å². The fourth-order valence-electron chi connectivity index (χ4n) is 2.30. The Hall–Kier alpha value is -1.35. The Morgan fingerprint density at radius 3 is 2.71 bits per heavy atom. The van der Waals surface area contributed by atoms with Crippen LogP contribution in [-0.4, -0.2) is 22.6 Å². The maximum absolute atomic E-state index is 4.74. The van der Waals surface area contributed by atoms with Crippen LogP contribution in [0.15, 0.2) is 24.3 Å². The van der Waals surface area contributed by atoms with Gasteiger partial charge in [-0.15, -0.1) is 0 Å². The van der Waals surface area contributed by atoms with Crippen molar-refractivity contribution in [3.05, 3.63) is 30.1 Å². The number of fused-ring (bicyclic) bond motifs is 1. The molecule has 3 nitrogen and oxygen atoms in total. The summed E-state index contributed by atoms with van der Waals surface area (Å²) in [6, 6.07) is 8.88. The smallest absolute Gasteiger partial charge is 0.111 e. The van der Waals surface area contributed by atoms with Gasteiger partial charge in [0.2, 0.25) is 0 Å². The van der Waals surface area contributed by atoms with E-state index >= 15 is 0 Å². The van der Waals surface area contributed by atoms with E-state index in [0.29, 0.717) is 6.04 Å². The molecule has 0 amide bonds. The van der Waals surface area contributed by atoms with Gasteiger partial charge in [-0.05, 0) is 32.5 Å². The molecule has 0 spiro atoms. The van der Waals surface area contributed by atoms with E-state index in [0.717, 1.165) is 24.9 Å². The van der Waals surface area contributed by atoms with Gasteiger partial charge < -0.3 is 9.88 Å². The zero-order valence-corrected chi connectivity index (χ0v) is 10.9. The van der Waals surface area contributed by atoms with E-state index < -0.39 is 0 Å². The molecule has 1 aromatic heterocycles. The highest BCUT2D eigenvalue weighted by Crippen LogP contribution is 2.17. The van der Waals surface area contributed by atoms with Crippen LogP contribution in [0.1, 0.15) is 26.1 Å². The highest BCUT2D eigenvalue weighted by molar-refractivity contribution is 5.75. The number of benzene rings is 1. The molecule has 0 saturated heterocycles. The number of nitrogens with one attached hydrogen (secondary N) is 1. The lowest BCUT2D eigenvalue weighted by atomic mass is 10.1. The molecule has 1 unspecified atom stereocenters. The maximum Gasteiger partial charge on any atom is 0.111 e. The monoisotopic (exact) mass is 231 g/mol. The van der Waals surface area contributed by atoms with Crippen LogP contribution in [-0.2, 0) is 13.0 Å². The first-order chi connectivity index (χ1) is 8.30. The number of nitrogens with zero attached hydrogens (tertiary/aromatic N) is 2. The van der Waals surface area contributed by atoms with E-state index in [-0.39, 0.29) is 0 Å². The zero-order chi connectivity index (χ0) is 12.3. The lowest BCUT2D eigenvalue weighted by molar-refractivity contribution is 0.518. The number of hydrogen-bond acceptors (Lipinski definition) is 2. The molecule has 0 aliphatic rings. The van der Waals surface area contributed by atoms with E-state index in [2.05, 4.69) is 48.0 Å². The lowest BCUT2D eigenvalue weighted by Crippen LogP contribution is -2.27. The van der Waals surface area contributed by atoms with Crippen LogP contribution >= 0.6 is 0 Å². The molecule has 0 aliphatic heterocycles. The van der Waals surface area contributed by atoms with E-state index in [9.17, 15) is 0 Å². The Morgan fingerprint density at radius 2 is 2.06 bits per heavy atom. The summed E-state index contributed by atoms with van der Waals surface area (Å²) in [5.74, 6) is 1.19. The van der Waals surface area contributed by atoms with Crippen molar-refractivity contribution in [3.63, 3.8) is 0 Å². The summed E-state index contributed by atoms with van der Waals surface area (Å²) >= 11 is 0. The quantitative estimate of drug-likeness (QED) is 0.857. The summed E-state index contributed by atoms with van der Waals surface area (Å²) in [6.45, 7) is 5.37. The van der Waals surface area contributed by atoms with Crippen LogP contribution in [0.4, 0.5) is 0 Å². The minimum Gasteiger partial charge on any atom is -0.328 e. The standard InChI is InChI=1S/C14H21N3/c1-4-11(15-3)10-14-16-12-8-6-7-9-13(12)17(14)5-2/h6-9,11,15H,4-5,10H2,1-3H3. The Balaban J connectivity index is 2.39. The van der Waals surface area contributed by atoms with Crippen LogP contribution in [0.3, 0.4) is 0 Å². The van der Waals surface area contributed by atoms with Crippen molar-refractivity contribution < 1.29 is 0 Å². The summed E-state index contributed by atoms with van der Waals surface area (Å²) in [5, 5.41) is 3.34. The minimum absolute atomic E-state index is 0.511. The minimum atomic E-state index is 0.511. The molecule has 2 rings (SSSR count). The molecule has 0 fully saturated rings. The first-order valence-electron chi connectivity index (χ1n) is 6.41. The third-order valence-corrected chi connectivity index (χ3v) is 3.38. The van der Waals surface area contributed by atoms with Crippen molar-refractivity contribution in [1.29, 1.82) is 0 Å². The van der Waals surface area contributed by atoms with E-state index in [4.69, 9.17) is 4.98 Å². The Labute approximate surface area is 103 Å². The summed E-state index contributed by atoms with van der Waals surface area (Å²) in [7, 11) is 2.02. The molecular formula is C14H21N3. The number of hydrogen-bond donors (Lipinski definition) is 1. The first-order valence-corrected chi connectivity index (χ1v) is 6.41. The largest absolute Gasteiger partial charge is 0.328 e. The average molecular weight is 231 g/mol. The van der Waals surface area contributed by atoms with Gasteiger partial charge in [0.1, 0.15) is 5.82 Å². The van der Waals surface area contributed by atoms with E-state index in [1.807, 2.05) is 7.05 Å². The Morgan fingerprint density at radius 1 is 1.29 bits per heavy atom. The van der Waals surface area contributed by atoms with Crippen molar-refractivity contribution in [2.24, 2.45) is 0 Å². The van der Waals surface area contributed by atoms with Crippen molar-refractivity contribution in [1.82, 2.24) is 14.9 Å². The Kier molecular flexibility index (Phi) is 3.79. The van der Waals surface area contributed by atoms with Gasteiger partial charge in [-0.2, -0.15) is 0 Å². The van der Waals surface area contributed by atoms with Gasteiger partial charge in [-0.25, -0.2) is 4.98 Å². The van der Waals surface area contributed by atoms with Gasteiger partial charge in [0.05, 0.1) is 11.0 Å². The molecule has 92 valence electrons. The van der Waals surface area contributed by atoms with Gasteiger partial charge in [-0.1, -0.05) is 19.1 Å². The van der Waals surface area contributed by atoms with Gasteiger partial charge in [0, 0.05) is 19.0 Å². The summed E-state index contributed by atoms with van der Waals surface area (Å²) in [6.07, 6.45) is 2.12. The first kappa shape index (κ1) is 12.1. The molecule has 0 bridgehead atoms. The van der Waals surface area contributed by atoms with Crippen molar-refractivity contribution >= 4 is 11.0 Å². The zero-order valence-electron chi connectivity index (χ0n) is 10.9. The van der Waals surface area contributed by atoms with Crippen LogP contribution in [0.5, 0.6) is 0 Å². The molecule has 1 N–H and O–H groups in total. The second-order valence-corrected chi connectivity index (χ2v) is 4.36. The van der Waals surface area contributed by atoms with Crippen molar-refractivity contribution in [3.8, 4) is 0 Å². The van der Waals surface area contributed by atoms with E-state index in [1.54, 1.807) is 0 Å². The molecule has 17 heavy (non-hydrogen) atoms. The molecule has 3 heteroatoms. The molecule has 0 aliphatic carbocycles. The summed E-state index contributed by atoms with van der Waals surface area (Å²) in [5.41, 5.74) is 2.35. The van der Waals surface area contributed by atoms with Gasteiger partial charge in [-0.3, -0.25) is 0 Å². The van der Waals surface area contributed by atoms with Crippen LogP contribution in [0.25, 0.3) is 11.0 Å². The number of aryl methyl sites for hydroxylation is 1. The third kappa shape index (κ3) is 2.34. The normalized spacial score (nSPS) is 13.1. The van der Waals surface area contributed by atoms with Crippen LogP contribution in [0.2, 0.25) is 0 Å². The topological polar surface area (TPSA) is 29.9 Å². The molecule has 1 heterocycles. The molecular weight excluding hydrogens is 210 g/mol. The lowest BCUT2D eigenvalue weighted by Gasteiger charge is -2.14. The van der Waals surface area contributed by atoms with Crippen molar-refractivity contribution in [2.45, 2.75) is 39.3 Å².